The maximum Gasteiger partial charge on any atom is 0.257 e. The van der Waals surface area contributed by atoms with Gasteiger partial charge in [-0.1, -0.05) is 13.0 Å². The van der Waals surface area contributed by atoms with E-state index in [0.29, 0.717) is 29.0 Å². The number of aryl methyl sites for hydroxylation is 2. The van der Waals surface area contributed by atoms with Crippen LogP contribution in [0.15, 0.2) is 53.6 Å². The van der Waals surface area contributed by atoms with Crippen LogP contribution in [0.4, 0.5) is 5.69 Å². The van der Waals surface area contributed by atoms with Gasteiger partial charge in [0.2, 0.25) is 0 Å². The quantitative estimate of drug-likeness (QED) is 0.726. The summed E-state index contributed by atoms with van der Waals surface area (Å²) in [5.74, 6) is 0.394. The fraction of sp³-hybridized carbons (Fsp3) is 0.190. The number of nitrogens with one attached hydrogen (secondary N) is 2. The molecule has 2 N–H and O–H groups in total. The molecule has 1 aromatic carbocycles. The van der Waals surface area contributed by atoms with E-state index in [9.17, 15) is 9.59 Å². The molecule has 6 nitrogen and oxygen atoms in total. The molecule has 138 valence electrons. The number of carbonyl (C=O) groups is 1. The van der Waals surface area contributed by atoms with Gasteiger partial charge in [-0.2, -0.15) is 0 Å². The first-order valence-electron chi connectivity index (χ1n) is 8.65. The number of aromatic amines is 1. The van der Waals surface area contributed by atoms with E-state index in [1.54, 1.807) is 37.6 Å². The Morgan fingerprint density at radius 1 is 1.22 bits per heavy atom. The molecule has 6 heteroatoms. The van der Waals surface area contributed by atoms with Crippen molar-refractivity contribution in [1.82, 2.24) is 9.97 Å². The predicted molar refractivity (Wildman–Crippen MR) is 105 cm³/mol. The van der Waals surface area contributed by atoms with Crippen molar-refractivity contribution >= 4 is 11.6 Å². The van der Waals surface area contributed by atoms with E-state index in [1.165, 1.54) is 6.20 Å². The maximum atomic E-state index is 12.6. The lowest BCUT2D eigenvalue weighted by Gasteiger charge is -2.10. The maximum absolute atomic E-state index is 12.6. The molecule has 0 unspecified atom stereocenters. The second-order valence-corrected chi connectivity index (χ2v) is 6.16. The summed E-state index contributed by atoms with van der Waals surface area (Å²) in [5.41, 5.74) is 4.05. The standard InChI is InChI=1S/C21H21N3O3/c1-4-14-9-19(13(2)23-20(14)25)15-8-16(12-22-11-15)21(26)24-17-6-5-7-18(10-17)27-3/h5-12H,4H2,1-3H3,(H,23,25)(H,24,26). The van der Waals surface area contributed by atoms with Crippen molar-refractivity contribution in [3.63, 3.8) is 0 Å². The zero-order valence-corrected chi connectivity index (χ0v) is 15.5. The van der Waals surface area contributed by atoms with Crippen LogP contribution in [-0.2, 0) is 6.42 Å². The van der Waals surface area contributed by atoms with Crippen molar-refractivity contribution in [2.45, 2.75) is 20.3 Å². The summed E-state index contributed by atoms with van der Waals surface area (Å²) < 4.78 is 5.17. The topological polar surface area (TPSA) is 84.1 Å². The van der Waals surface area contributed by atoms with Crippen LogP contribution in [0.25, 0.3) is 11.1 Å². The van der Waals surface area contributed by atoms with Gasteiger partial charge in [0.25, 0.3) is 11.5 Å². The van der Waals surface area contributed by atoms with Gasteiger partial charge in [-0.25, -0.2) is 0 Å². The number of carbonyl (C=O) groups excluding carboxylic acids is 1. The first-order chi connectivity index (χ1) is 13.0. The van der Waals surface area contributed by atoms with Gasteiger partial charge in [0.05, 0.1) is 12.7 Å². The highest BCUT2D eigenvalue weighted by molar-refractivity contribution is 6.04. The first kappa shape index (κ1) is 18.4. The van der Waals surface area contributed by atoms with Crippen LogP contribution in [0.3, 0.4) is 0 Å². The van der Waals surface area contributed by atoms with Gasteiger partial charge >= 0.3 is 0 Å². The monoisotopic (exact) mass is 363 g/mol. The third-order valence-electron chi connectivity index (χ3n) is 4.34. The summed E-state index contributed by atoms with van der Waals surface area (Å²) in [6, 6.07) is 10.8. The van der Waals surface area contributed by atoms with Crippen LogP contribution >= 0.6 is 0 Å². The largest absolute Gasteiger partial charge is 0.497 e. The summed E-state index contributed by atoms with van der Waals surface area (Å²) >= 11 is 0. The number of methoxy groups -OCH3 is 1. The van der Waals surface area contributed by atoms with Gasteiger partial charge < -0.3 is 15.0 Å². The smallest absolute Gasteiger partial charge is 0.257 e. The van der Waals surface area contributed by atoms with Crippen molar-refractivity contribution < 1.29 is 9.53 Å². The molecule has 0 fully saturated rings. The molecule has 0 saturated carbocycles. The Bertz CT molecular complexity index is 1040. The second-order valence-electron chi connectivity index (χ2n) is 6.16. The average Bonchev–Trinajstić information content (AvgIpc) is 2.68. The highest BCUT2D eigenvalue weighted by Gasteiger charge is 2.12. The molecule has 0 aliphatic rings. The number of hydrogen-bond acceptors (Lipinski definition) is 4. The number of pyridine rings is 2. The number of rotatable bonds is 5. The van der Waals surface area contributed by atoms with Gasteiger partial charge in [0.15, 0.2) is 0 Å². The van der Waals surface area contributed by atoms with Gasteiger partial charge in [0, 0.05) is 46.5 Å². The lowest BCUT2D eigenvalue weighted by Crippen LogP contribution is -2.14. The summed E-state index contributed by atoms with van der Waals surface area (Å²) in [4.78, 5) is 31.6. The van der Waals surface area contributed by atoms with Crippen molar-refractivity contribution in [3.8, 4) is 16.9 Å². The molecule has 0 bridgehead atoms. The van der Waals surface area contributed by atoms with E-state index in [4.69, 9.17) is 4.74 Å². The molecule has 2 aromatic heterocycles. The average molecular weight is 363 g/mol. The Hall–Kier alpha value is -3.41. The zero-order chi connectivity index (χ0) is 19.4. The number of ether oxygens (including phenoxy) is 1. The molecule has 0 saturated heterocycles. The minimum atomic E-state index is -0.268. The van der Waals surface area contributed by atoms with Crippen molar-refractivity contribution in [2.24, 2.45) is 0 Å². The molecule has 3 rings (SSSR count). The van der Waals surface area contributed by atoms with Crippen LogP contribution in [0, 0.1) is 6.92 Å². The summed E-state index contributed by atoms with van der Waals surface area (Å²) in [7, 11) is 1.57. The molecular weight excluding hydrogens is 342 g/mol. The highest BCUT2D eigenvalue weighted by Crippen LogP contribution is 2.23. The van der Waals surface area contributed by atoms with E-state index in [2.05, 4.69) is 15.3 Å². The minimum Gasteiger partial charge on any atom is -0.497 e. The molecule has 0 aliphatic heterocycles. The van der Waals surface area contributed by atoms with Gasteiger partial charge in [-0.15, -0.1) is 0 Å². The van der Waals surface area contributed by atoms with E-state index in [0.717, 1.165) is 16.8 Å². The first-order valence-corrected chi connectivity index (χ1v) is 8.65. The number of amides is 1. The third kappa shape index (κ3) is 4.06. The van der Waals surface area contributed by atoms with Gasteiger partial charge in [-0.3, -0.25) is 14.6 Å². The Labute approximate surface area is 157 Å². The van der Waals surface area contributed by atoms with Gasteiger partial charge in [0.1, 0.15) is 5.75 Å². The molecule has 0 spiro atoms. The molecule has 0 radical (unpaired) electrons. The van der Waals surface area contributed by atoms with Crippen LogP contribution < -0.4 is 15.6 Å². The molecule has 2 heterocycles. The molecule has 0 atom stereocenters. The second kappa shape index (κ2) is 7.86. The molecule has 3 aromatic rings. The minimum absolute atomic E-state index is 0.0846. The molecule has 27 heavy (non-hydrogen) atoms. The predicted octanol–water partition coefficient (Wildman–Crippen LogP) is 3.57. The summed E-state index contributed by atoms with van der Waals surface area (Å²) in [5, 5.41) is 2.84. The Balaban J connectivity index is 1.91. The number of aromatic nitrogens is 2. The number of benzene rings is 1. The lowest BCUT2D eigenvalue weighted by atomic mass is 10.0. The Morgan fingerprint density at radius 2 is 2.04 bits per heavy atom. The van der Waals surface area contributed by atoms with Crippen LogP contribution in [0.1, 0.15) is 28.5 Å². The lowest BCUT2D eigenvalue weighted by molar-refractivity contribution is 0.102. The van der Waals surface area contributed by atoms with E-state index in [-0.39, 0.29) is 11.5 Å². The van der Waals surface area contributed by atoms with Crippen molar-refractivity contribution in [2.75, 3.05) is 12.4 Å². The Morgan fingerprint density at radius 3 is 2.78 bits per heavy atom. The zero-order valence-electron chi connectivity index (χ0n) is 15.5. The van der Waals surface area contributed by atoms with Crippen molar-refractivity contribution in [1.29, 1.82) is 0 Å². The number of anilines is 1. The number of H-pyrrole nitrogens is 1. The fourth-order valence-electron chi connectivity index (χ4n) is 2.84. The summed E-state index contributed by atoms with van der Waals surface area (Å²) in [6.45, 7) is 3.76. The Kier molecular flexibility index (Phi) is 5.35. The molecule has 1 amide bonds. The fourth-order valence-corrected chi connectivity index (χ4v) is 2.84. The van der Waals surface area contributed by atoms with E-state index in [1.807, 2.05) is 26.0 Å². The molecule has 0 aliphatic carbocycles. The molecular formula is C21H21N3O3. The summed E-state index contributed by atoms with van der Waals surface area (Å²) in [6.07, 6.45) is 3.83. The van der Waals surface area contributed by atoms with Crippen LogP contribution in [0.2, 0.25) is 0 Å². The van der Waals surface area contributed by atoms with E-state index < -0.39 is 0 Å². The van der Waals surface area contributed by atoms with Crippen LogP contribution in [0.5, 0.6) is 5.75 Å². The highest BCUT2D eigenvalue weighted by atomic mass is 16.5. The normalized spacial score (nSPS) is 10.5. The van der Waals surface area contributed by atoms with Gasteiger partial charge in [-0.05, 0) is 37.6 Å². The number of nitrogens with zero attached hydrogens (tertiary/aromatic N) is 1. The van der Waals surface area contributed by atoms with Crippen molar-refractivity contribution in [3.05, 3.63) is 76.0 Å². The number of hydrogen-bond donors (Lipinski definition) is 2. The van der Waals surface area contributed by atoms with Crippen LogP contribution in [-0.4, -0.2) is 23.0 Å². The van der Waals surface area contributed by atoms with E-state index >= 15 is 0 Å². The third-order valence-corrected chi connectivity index (χ3v) is 4.34. The SMILES string of the molecule is CCc1cc(-c2cncc(C(=O)Nc3cccc(OC)c3)c2)c(C)[nH]c1=O.